The summed E-state index contributed by atoms with van der Waals surface area (Å²) in [5, 5.41) is 5.65. The Hall–Kier alpha value is -2.82. The summed E-state index contributed by atoms with van der Waals surface area (Å²) in [5.41, 5.74) is 3.10. The van der Waals surface area contributed by atoms with E-state index in [9.17, 15) is 9.59 Å². The van der Waals surface area contributed by atoms with Crippen molar-refractivity contribution in [1.82, 2.24) is 5.32 Å². The molecule has 0 aliphatic carbocycles. The third-order valence-electron chi connectivity index (χ3n) is 4.99. The Bertz CT molecular complexity index is 921. The Kier molecular flexibility index (Phi) is 7.88. The van der Waals surface area contributed by atoms with Crippen molar-refractivity contribution in [2.24, 2.45) is 0 Å². The van der Waals surface area contributed by atoms with Crippen LogP contribution in [-0.4, -0.2) is 25.0 Å². The van der Waals surface area contributed by atoms with E-state index in [1.165, 1.54) is 5.56 Å². The molecule has 0 aliphatic heterocycles. The van der Waals surface area contributed by atoms with Gasteiger partial charge in [-0.1, -0.05) is 72.7 Å². The fraction of sp³-hybridized carbons (Fsp3) is 0.462. The molecule has 2 N–H and O–H groups in total. The second kappa shape index (κ2) is 9.99. The SMILES string of the molecule is CCCNC(=O)c1ccccc1NC(=O)COc1ccc(C(C)(C)C)cc1C(C)(C)C. The first-order valence-electron chi connectivity index (χ1n) is 10.9. The average Bonchev–Trinajstić information content (AvgIpc) is 2.69. The van der Waals surface area contributed by atoms with Crippen LogP contribution in [-0.2, 0) is 15.6 Å². The van der Waals surface area contributed by atoms with Crippen LogP contribution in [0, 0.1) is 0 Å². The number of amides is 2. The van der Waals surface area contributed by atoms with Gasteiger partial charge in [-0.3, -0.25) is 9.59 Å². The van der Waals surface area contributed by atoms with Gasteiger partial charge in [-0.15, -0.1) is 0 Å². The predicted molar refractivity (Wildman–Crippen MR) is 127 cm³/mol. The molecule has 5 heteroatoms. The highest BCUT2D eigenvalue weighted by Gasteiger charge is 2.23. The minimum absolute atomic E-state index is 0.0258. The van der Waals surface area contributed by atoms with E-state index in [-0.39, 0.29) is 29.3 Å². The first-order valence-corrected chi connectivity index (χ1v) is 10.9. The van der Waals surface area contributed by atoms with Gasteiger partial charge in [0, 0.05) is 6.54 Å². The van der Waals surface area contributed by atoms with Crippen LogP contribution >= 0.6 is 0 Å². The highest BCUT2D eigenvalue weighted by atomic mass is 16.5. The lowest BCUT2D eigenvalue weighted by molar-refractivity contribution is -0.118. The second-order valence-electron chi connectivity index (χ2n) is 9.85. The van der Waals surface area contributed by atoms with Crippen molar-refractivity contribution < 1.29 is 14.3 Å². The first kappa shape index (κ1) is 24.4. The molecule has 0 radical (unpaired) electrons. The lowest BCUT2D eigenvalue weighted by atomic mass is 9.80. The van der Waals surface area contributed by atoms with E-state index in [1.54, 1.807) is 24.3 Å². The molecular formula is C26H36N2O3. The normalized spacial score (nSPS) is 11.7. The molecule has 2 amide bonds. The molecule has 2 aromatic rings. The number of para-hydroxylation sites is 1. The van der Waals surface area contributed by atoms with Gasteiger partial charge in [0.25, 0.3) is 11.8 Å². The van der Waals surface area contributed by atoms with Crippen molar-refractivity contribution in [1.29, 1.82) is 0 Å². The summed E-state index contributed by atoms with van der Waals surface area (Å²) in [6, 6.07) is 13.1. The van der Waals surface area contributed by atoms with E-state index in [1.807, 2.05) is 13.0 Å². The first-order chi connectivity index (χ1) is 14.4. The van der Waals surface area contributed by atoms with Crippen molar-refractivity contribution in [3.8, 4) is 5.75 Å². The fourth-order valence-electron chi connectivity index (χ4n) is 3.16. The molecule has 0 saturated heterocycles. The highest BCUT2D eigenvalue weighted by molar-refractivity contribution is 6.04. The minimum Gasteiger partial charge on any atom is -0.483 e. The number of rotatable bonds is 7. The Morgan fingerprint density at radius 1 is 0.935 bits per heavy atom. The van der Waals surface area contributed by atoms with Crippen molar-refractivity contribution >= 4 is 17.5 Å². The Morgan fingerprint density at radius 3 is 2.23 bits per heavy atom. The van der Waals surface area contributed by atoms with Gasteiger partial charge in [0.05, 0.1) is 11.3 Å². The van der Waals surface area contributed by atoms with Crippen LogP contribution in [0.3, 0.4) is 0 Å². The van der Waals surface area contributed by atoms with Gasteiger partial charge >= 0.3 is 0 Å². The van der Waals surface area contributed by atoms with Gasteiger partial charge in [0.1, 0.15) is 5.75 Å². The zero-order chi connectivity index (χ0) is 23.2. The summed E-state index contributed by atoms with van der Waals surface area (Å²) >= 11 is 0. The van der Waals surface area contributed by atoms with Gasteiger partial charge in [0.2, 0.25) is 0 Å². The lowest BCUT2D eigenvalue weighted by Gasteiger charge is -2.27. The zero-order valence-corrected chi connectivity index (χ0v) is 19.9. The van der Waals surface area contributed by atoms with Crippen LogP contribution in [0.4, 0.5) is 5.69 Å². The van der Waals surface area contributed by atoms with Crippen molar-refractivity contribution in [2.75, 3.05) is 18.5 Å². The summed E-state index contributed by atoms with van der Waals surface area (Å²) in [4.78, 5) is 25.0. The number of hydrogen-bond acceptors (Lipinski definition) is 3. The molecule has 2 aromatic carbocycles. The molecule has 5 nitrogen and oxygen atoms in total. The summed E-state index contributed by atoms with van der Waals surface area (Å²) in [5.74, 6) is 0.187. The monoisotopic (exact) mass is 424 g/mol. The molecule has 0 unspecified atom stereocenters. The molecule has 2 rings (SSSR count). The lowest BCUT2D eigenvalue weighted by Crippen LogP contribution is -2.27. The number of anilines is 1. The summed E-state index contributed by atoms with van der Waals surface area (Å²) < 4.78 is 5.92. The predicted octanol–water partition coefficient (Wildman–Crippen LogP) is 5.44. The van der Waals surface area contributed by atoms with E-state index < -0.39 is 0 Å². The van der Waals surface area contributed by atoms with Crippen LogP contribution in [0.25, 0.3) is 0 Å². The summed E-state index contributed by atoms with van der Waals surface area (Å²) in [6.07, 6.45) is 0.845. The Balaban J connectivity index is 2.15. The van der Waals surface area contributed by atoms with Gasteiger partial charge in [0.15, 0.2) is 6.61 Å². The molecule has 0 aliphatic rings. The maximum absolute atomic E-state index is 12.6. The molecule has 0 bridgehead atoms. The molecule has 31 heavy (non-hydrogen) atoms. The molecule has 0 aromatic heterocycles. The highest BCUT2D eigenvalue weighted by Crippen LogP contribution is 2.35. The van der Waals surface area contributed by atoms with Crippen LogP contribution < -0.4 is 15.4 Å². The number of carbonyl (C=O) groups excluding carboxylic acids is 2. The summed E-state index contributed by atoms with van der Waals surface area (Å²) in [7, 11) is 0. The topological polar surface area (TPSA) is 67.4 Å². The average molecular weight is 425 g/mol. The molecule has 168 valence electrons. The van der Waals surface area contributed by atoms with E-state index in [0.29, 0.717) is 23.5 Å². The number of ether oxygens (including phenoxy) is 1. The van der Waals surface area contributed by atoms with Crippen molar-refractivity contribution in [3.05, 3.63) is 59.2 Å². The standard InChI is InChI=1S/C26H36N2O3/c1-8-15-27-24(30)19-11-9-10-12-21(19)28-23(29)17-31-22-14-13-18(25(2,3)4)16-20(22)26(5,6)7/h9-14,16H,8,15,17H2,1-7H3,(H,27,30)(H,28,29). The molecular weight excluding hydrogens is 388 g/mol. The maximum atomic E-state index is 12.6. The van der Waals surface area contributed by atoms with Gasteiger partial charge in [-0.25, -0.2) is 0 Å². The van der Waals surface area contributed by atoms with Crippen LogP contribution in [0.5, 0.6) is 5.75 Å². The number of carbonyl (C=O) groups is 2. The second-order valence-corrected chi connectivity index (χ2v) is 9.85. The van der Waals surface area contributed by atoms with Crippen LogP contribution in [0.2, 0.25) is 0 Å². The maximum Gasteiger partial charge on any atom is 0.262 e. The molecule has 0 atom stereocenters. The van der Waals surface area contributed by atoms with Gasteiger partial charge in [-0.2, -0.15) is 0 Å². The number of nitrogens with one attached hydrogen (secondary N) is 2. The van der Waals surface area contributed by atoms with Gasteiger partial charge in [-0.05, 0) is 46.6 Å². The molecule has 0 spiro atoms. The Labute approximate surface area is 186 Å². The van der Waals surface area contributed by atoms with Crippen LogP contribution in [0.1, 0.15) is 76.4 Å². The third-order valence-corrected chi connectivity index (χ3v) is 4.99. The minimum atomic E-state index is -0.310. The zero-order valence-electron chi connectivity index (χ0n) is 19.9. The quantitative estimate of drug-likeness (QED) is 0.622. The van der Waals surface area contributed by atoms with Crippen molar-refractivity contribution in [3.63, 3.8) is 0 Å². The van der Waals surface area contributed by atoms with E-state index in [2.05, 4.69) is 64.3 Å². The Morgan fingerprint density at radius 2 is 1.61 bits per heavy atom. The molecule has 0 heterocycles. The van der Waals surface area contributed by atoms with E-state index in [0.717, 1.165) is 12.0 Å². The van der Waals surface area contributed by atoms with Crippen LogP contribution in [0.15, 0.2) is 42.5 Å². The number of hydrogen-bond donors (Lipinski definition) is 2. The smallest absolute Gasteiger partial charge is 0.262 e. The fourth-order valence-corrected chi connectivity index (χ4v) is 3.16. The summed E-state index contributed by atoms with van der Waals surface area (Å²) in [6.45, 7) is 15.4. The molecule has 0 saturated carbocycles. The molecule has 0 fully saturated rings. The third kappa shape index (κ3) is 6.84. The van der Waals surface area contributed by atoms with E-state index in [4.69, 9.17) is 4.74 Å². The largest absolute Gasteiger partial charge is 0.483 e. The van der Waals surface area contributed by atoms with Gasteiger partial charge < -0.3 is 15.4 Å². The van der Waals surface area contributed by atoms with Crippen molar-refractivity contribution in [2.45, 2.75) is 65.7 Å². The number of benzene rings is 2. The van der Waals surface area contributed by atoms with E-state index >= 15 is 0 Å².